The zero-order valence-corrected chi connectivity index (χ0v) is 14.2. The van der Waals surface area contributed by atoms with Crippen molar-refractivity contribution in [3.05, 3.63) is 35.4 Å². The van der Waals surface area contributed by atoms with Gasteiger partial charge >= 0.3 is 0 Å². The first-order valence-electron chi connectivity index (χ1n) is 8.11. The lowest BCUT2D eigenvalue weighted by atomic mass is 10.0. The predicted molar refractivity (Wildman–Crippen MR) is 88.7 cm³/mol. The molecular weight excluding hydrogens is 262 g/mol. The fourth-order valence-electron chi connectivity index (χ4n) is 2.40. The number of benzene rings is 1. The first kappa shape index (κ1) is 18.1. The van der Waals surface area contributed by atoms with Crippen LogP contribution in [0.5, 0.6) is 0 Å². The van der Waals surface area contributed by atoms with Gasteiger partial charge in [-0.25, -0.2) is 0 Å². The van der Waals surface area contributed by atoms with Crippen molar-refractivity contribution in [2.45, 2.75) is 59.3 Å². The van der Waals surface area contributed by atoms with Gasteiger partial charge < -0.3 is 14.8 Å². The summed E-state index contributed by atoms with van der Waals surface area (Å²) in [6, 6.07) is 8.92. The maximum Gasteiger partial charge on any atom is 0.0785 e. The average molecular weight is 293 g/mol. The molecule has 0 aliphatic heterocycles. The van der Waals surface area contributed by atoms with E-state index in [9.17, 15) is 0 Å². The zero-order valence-electron chi connectivity index (χ0n) is 14.2. The number of rotatable bonds is 10. The first-order chi connectivity index (χ1) is 10.1. The molecular formula is C18H31NO2. The van der Waals surface area contributed by atoms with Gasteiger partial charge in [-0.05, 0) is 46.2 Å². The standard InChI is InChI=1S/C18H31NO2/c1-6-12-19-18(17-10-8-14(3)9-11-17)16(5)21-15(4)13-20-7-2/h8-11,15-16,18-19H,6-7,12-13H2,1-5H3. The average Bonchev–Trinajstić information content (AvgIpc) is 2.47. The molecule has 0 radical (unpaired) electrons. The van der Waals surface area contributed by atoms with Gasteiger partial charge in [0.2, 0.25) is 0 Å². The zero-order chi connectivity index (χ0) is 15.7. The number of aryl methyl sites for hydroxylation is 1. The summed E-state index contributed by atoms with van der Waals surface area (Å²) in [5, 5.41) is 3.60. The van der Waals surface area contributed by atoms with Crippen LogP contribution in [0.4, 0.5) is 0 Å². The van der Waals surface area contributed by atoms with Crippen molar-refractivity contribution in [3.63, 3.8) is 0 Å². The summed E-state index contributed by atoms with van der Waals surface area (Å²) in [5.74, 6) is 0. The Morgan fingerprint density at radius 1 is 1.10 bits per heavy atom. The van der Waals surface area contributed by atoms with Gasteiger partial charge in [0, 0.05) is 6.61 Å². The maximum atomic E-state index is 6.11. The SMILES string of the molecule is CCCNC(c1ccc(C)cc1)C(C)OC(C)COCC. The molecule has 0 saturated heterocycles. The second kappa shape index (κ2) is 9.93. The Balaban J connectivity index is 2.69. The van der Waals surface area contributed by atoms with E-state index in [4.69, 9.17) is 9.47 Å². The van der Waals surface area contributed by atoms with Gasteiger partial charge in [-0.15, -0.1) is 0 Å². The van der Waals surface area contributed by atoms with Crippen molar-refractivity contribution in [2.24, 2.45) is 0 Å². The second-order valence-corrected chi connectivity index (χ2v) is 5.65. The minimum absolute atomic E-state index is 0.106. The van der Waals surface area contributed by atoms with Crippen LogP contribution < -0.4 is 5.32 Å². The molecule has 0 fully saturated rings. The van der Waals surface area contributed by atoms with Crippen molar-refractivity contribution in [3.8, 4) is 0 Å². The molecule has 0 aliphatic rings. The molecule has 0 heterocycles. The van der Waals surface area contributed by atoms with Crippen molar-refractivity contribution < 1.29 is 9.47 Å². The summed E-state index contributed by atoms with van der Waals surface area (Å²) >= 11 is 0. The van der Waals surface area contributed by atoms with Crippen LogP contribution in [0.2, 0.25) is 0 Å². The van der Waals surface area contributed by atoms with E-state index in [2.05, 4.69) is 57.3 Å². The lowest BCUT2D eigenvalue weighted by molar-refractivity contribution is -0.0526. The molecule has 0 spiro atoms. The molecule has 1 aromatic carbocycles. The Morgan fingerprint density at radius 2 is 1.76 bits per heavy atom. The van der Waals surface area contributed by atoms with Crippen LogP contribution in [-0.4, -0.2) is 32.0 Å². The van der Waals surface area contributed by atoms with Crippen LogP contribution in [0, 0.1) is 6.92 Å². The van der Waals surface area contributed by atoms with Gasteiger partial charge in [0.05, 0.1) is 24.9 Å². The minimum atomic E-state index is 0.106. The number of hydrogen-bond acceptors (Lipinski definition) is 3. The van der Waals surface area contributed by atoms with E-state index in [-0.39, 0.29) is 18.2 Å². The highest BCUT2D eigenvalue weighted by atomic mass is 16.5. The second-order valence-electron chi connectivity index (χ2n) is 5.65. The summed E-state index contributed by atoms with van der Waals surface area (Å²) in [4.78, 5) is 0. The normalized spacial score (nSPS) is 15.7. The van der Waals surface area contributed by atoms with E-state index in [0.717, 1.165) is 19.6 Å². The highest BCUT2D eigenvalue weighted by Gasteiger charge is 2.21. The van der Waals surface area contributed by atoms with Crippen LogP contribution in [0.25, 0.3) is 0 Å². The Kier molecular flexibility index (Phi) is 8.58. The molecule has 3 heteroatoms. The lowest BCUT2D eigenvalue weighted by Crippen LogP contribution is -2.35. The maximum absolute atomic E-state index is 6.11. The first-order valence-corrected chi connectivity index (χ1v) is 8.11. The molecule has 1 N–H and O–H groups in total. The minimum Gasteiger partial charge on any atom is -0.379 e. The predicted octanol–water partition coefficient (Wildman–Crippen LogP) is 3.87. The van der Waals surface area contributed by atoms with Gasteiger partial charge in [-0.2, -0.15) is 0 Å². The lowest BCUT2D eigenvalue weighted by Gasteiger charge is -2.28. The van der Waals surface area contributed by atoms with E-state index < -0.39 is 0 Å². The topological polar surface area (TPSA) is 30.5 Å². The van der Waals surface area contributed by atoms with E-state index >= 15 is 0 Å². The Bertz CT molecular complexity index is 377. The summed E-state index contributed by atoms with van der Waals surface area (Å²) in [5.41, 5.74) is 2.57. The highest BCUT2D eigenvalue weighted by Crippen LogP contribution is 2.21. The van der Waals surface area contributed by atoms with Gasteiger partial charge in [0.1, 0.15) is 0 Å². The van der Waals surface area contributed by atoms with Crippen molar-refractivity contribution >= 4 is 0 Å². The molecule has 0 aliphatic carbocycles. The molecule has 120 valence electrons. The number of hydrogen-bond donors (Lipinski definition) is 1. The quantitative estimate of drug-likeness (QED) is 0.710. The molecule has 3 nitrogen and oxygen atoms in total. The Morgan fingerprint density at radius 3 is 2.33 bits per heavy atom. The number of nitrogens with one attached hydrogen (secondary N) is 1. The molecule has 1 aromatic rings. The Hall–Kier alpha value is -0.900. The molecule has 1 rings (SSSR count). The molecule has 21 heavy (non-hydrogen) atoms. The summed E-state index contributed by atoms with van der Waals surface area (Å²) in [7, 11) is 0. The van der Waals surface area contributed by atoms with Crippen LogP contribution in [-0.2, 0) is 9.47 Å². The van der Waals surface area contributed by atoms with Gasteiger partial charge in [-0.1, -0.05) is 36.8 Å². The molecule has 0 saturated carbocycles. The van der Waals surface area contributed by atoms with Crippen molar-refractivity contribution in [2.75, 3.05) is 19.8 Å². The van der Waals surface area contributed by atoms with E-state index in [1.54, 1.807) is 0 Å². The number of ether oxygens (including phenoxy) is 2. The van der Waals surface area contributed by atoms with Crippen molar-refractivity contribution in [1.29, 1.82) is 0 Å². The van der Waals surface area contributed by atoms with E-state index in [1.165, 1.54) is 11.1 Å². The highest BCUT2D eigenvalue weighted by molar-refractivity contribution is 5.24. The third-order valence-corrected chi connectivity index (χ3v) is 3.52. The summed E-state index contributed by atoms with van der Waals surface area (Å²) < 4.78 is 11.5. The Labute approximate surface area is 130 Å². The van der Waals surface area contributed by atoms with Gasteiger partial charge in [-0.3, -0.25) is 0 Å². The van der Waals surface area contributed by atoms with E-state index in [0.29, 0.717) is 6.61 Å². The molecule has 0 aromatic heterocycles. The largest absolute Gasteiger partial charge is 0.379 e. The summed E-state index contributed by atoms with van der Waals surface area (Å²) in [6.07, 6.45) is 1.33. The van der Waals surface area contributed by atoms with E-state index in [1.807, 2.05) is 6.92 Å². The molecule has 0 bridgehead atoms. The van der Waals surface area contributed by atoms with Crippen LogP contribution in [0.1, 0.15) is 51.3 Å². The molecule has 0 amide bonds. The third-order valence-electron chi connectivity index (χ3n) is 3.52. The monoisotopic (exact) mass is 293 g/mol. The van der Waals surface area contributed by atoms with Gasteiger partial charge in [0.25, 0.3) is 0 Å². The summed E-state index contributed by atoms with van der Waals surface area (Å²) in [6.45, 7) is 12.9. The van der Waals surface area contributed by atoms with Crippen molar-refractivity contribution in [1.82, 2.24) is 5.32 Å². The van der Waals surface area contributed by atoms with Gasteiger partial charge in [0.15, 0.2) is 0 Å². The van der Waals surface area contributed by atoms with Crippen LogP contribution >= 0.6 is 0 Å². The molecule has 3 atom stereocenters. The van der Waals surface area contributed by atoms with Crippen LogP contribution in [0.3, 0.4) is 0 Å². The third kappa shape index (κ3) is 6.60. The van der Waals surface area contributed by atoms with Crippen LogP contribution in [0.15, 0.2) is 24.3 Å². The smallest absolute Gasteiger partial charge is 0.0785 e. The molecule has 3 unspecified atom stereocenters. The fraction of sp³-hybridized carbons (Fsp3) is 0.667. The fourth-order valence-corrected chi connectivity index (χ4v) is 2.40.